The van der Waals surface area contributed by atoms with Gasteiger partial charge in [0.1, 0.15) is 17.9 Å². The van der Waals surface area contributed by atoms with Gasteiger partial charge in [0.05, 0.1) is 6.04 Å². The summed E-state index contributed by atoms with van der Waals surface area (Å²) in [5.41, 5.74) is 1.01. The highest BCUT2D eigenvalue weighted by Gasteiger charge is 2.35. The number of ether oxygens (including phenoxy) is 1. The Morgan fingerprint density at radius 2 is 1.56 bits per heavy atom. The maximum Gasteiger partial charge on any atom is 0.408 e. The fourth-order valence-corrected chi connectivity index (χ4v) is 6.15. The fourth-order valence-electron chi connectivity index (χ4n) is 6.15. The van der Waals surface area contributed by atoms with Gasteiger partial charge in [-0.15, -0.1) is 0 Å². The molecule has 0 radical (unpaired) electrons. The molecule has 242 valence electrons. The van der Waals surface area contributed by atoms with Gasteiger partial charge in [-0.25, -0.2) is 4.79 Å². The van der Waals surface area contributed by atoms with Crippen molar-refractivity contribution in [1.82, 2.24) is 20.4 Å². The summed E-state index contributed by atoms with van der Waals surface area (Å²) in [6, 6.07) is 6.52. The Labute approximate surface area is 258 Å². The van der Waals surface area contributed by atoms with Crippen molar-refractivity contribution in [1.29, 1.82) is 0 Å². The number of alkyl carbamates (subject to hydrolysis) is 1. The van der Waals surface area contributed by atoms with Crippen LogP contribution in [-0.2, 0) is 14.3 Å². The molecule has 0 bridgehead atoms. The van der Waals surface area contributed by atoms with Crippen LogP contribution < -0.4 is 16.0 Å². The minimum absolute atomic E-state index is 0.0427. The molecular formula is C33H55N5O5. The van der Waals surface area contributed by atoms with Crippen molar-refractivity contribution in [2.24, 2.45) is 5.92 Å². The number of aliphatic hydroxyl groups is 1. The number of rotatable bonds is 11. The van der Waals surface area contributed by atoms with E-state index in [0.717, 1.165) is 57.2 Å². The van der Waals surface area contributed by atoms with Gasteiger partial charge >= 0.3 is 6.09 Å². The van der Waals surface area contributed by atoms with E-state index >= 15 is 0 Å². The molecular weight excluding hydrogens is 546 g/mol. The highest BCUT2D eigenvalue weighted by molar-refractivity contribution is 5.88. The largest absolute Gasteiger partial charge is 0.444 e. The molecule has 2 aliphatic rings. The first-order valence-electron chi connectivity index (χ1n) is 16.2. The zero-order chi connectivity index (χ0) is 31.6. The first-order valence-corrected chi connectivity index (χ1v) is 16.2. The summed E-state index contributed by atoms with van der Waals surface area (Å²) >= 11 is 0. The van der Waals surface area contributed by atoms with Crippen molar-refractivity contribution in [2.45, 2.75) is 116 Å². The number of anilines is 1. The number of benzene rings is 1. The SMILES string of the molecule is CCC(=O)N[C@@H](C(=O)N1CCN(C)CC1)[C@@H](CC)c1ccc(NC(O)[C@@H](NC(=O)OC(C)(C)C)C2CCCCCC2)cc1. The van der Waals surface area contributed by atoms with Crippen LogP contribution in [0.15, 0.2) is 24.3 Å². The number of nitrogens with one attached hydrogen (secondary N) is 3. The number of carbonyl (C=O) groups excluding carboxylic acids is 3. The van der Waals surface area contributed by atoms with Gasteiger partial charge in [-0.2, -0.15) is 0 Å². The second-order valence-corrected chi connectivity index (χ2v) is 13.2. The standard InChI is InChI=1S/C33H55N5O5/c1-7-26(29(35-27(39)8-2)31(41)38-21-19-37(6)20-22-38)23-15-17-25(18-16-23)34-30(40)28(24-13-11-9-10-12-14-24)36-32(42)43-33(3,4)5/h15-18,24,26,28-30,34,40H,7-14,19-22H2,1-6H3,(H,35,39)(H,36,42)/t26-,28-,29+,30?/m0/s1. The number of amides is 3. The van der Waals surface area contributed by atoms with Gasteiger partial charge in [0, 0.05) is 44.2 Å². The van der Waals surface area contributed by atoms with Crippen LogP contribution in [0, 0.1) is 5.92 Å². The molecule has 4 N–H and O–H groups in total. The summed E-state index contributed by atoms with van der Waals surface area (Å²) in [5, 5.41) is 20.5. The smallest absolute Gasteiger partial charge is 0.408 e. The summed E-state index contributed by atoms with van der Waals surface area (Å²) in [5.74, 6) is -0.257. The van der Waals surface area contributed by atoms with Crippen LogP contribution in [0.5, 0.6) is 0 Å². The van der Waals surface area contributed by atoms with Crippen LogP contribution in [0.1, 0.15) is 97.5 Å². The van der Waals surface area contributed by atoms with Gasteiger partial charge in [-0.1, -0.05) is 51.7 Å². The lowest BCUT2D eigenvalue weighted by Crippen LogP contribution is -2.56. The number of likely N-dealkylation sites (N-methyl/N-ethyl adjacent to an activating group) is 1. The molecule has 3 amide bonds. The van der Waals surface area contributed by atoms with Crippen molar-refractivity contribution in [3.05, 3.63) is 29.8 Å². The van der Waals surface area contributed by atoms with E-state index in [1.54, 1.807) is 6.92 Å². The molecule has 1 heterocycles. The fraction of sp³-hybridized carbons (Fsp3) is 0.727. The van der Waals surface area contributed by atoms with Gasteiger partial charge in [-0.05, 0) is 70.7 Å². The van der Waals surface area contributed by atoms with Crippen LogP contribution >= 0.6 is 0 Å². The van der Waals surface area contributed by atoms with Crippen molar-refractivity contribution in [3.63, 3.8) is 0 Å². The number of aliphatic hydroxyl groups excluding tert-OH is 1. The minimum atomic E-state index is -1.01. The molecule has 1 aromatic carbocycles. The molecule has 1 saturated carbocycles. The van der Waals surface area contributed by atoms with Crippen molar-refractivity contribution < 1.29 is 24.2 Å². The predicted octanol–water partition coefficient (Wildman–Crippen LogP) is 4.44. The average Bonchev–Trinajstić information content (AvgIpc) is 3.25. The summed E-state index contributed by atoms with van der Waals surface area (Å²) in [6.07, 6.45) is 5.76. The number of carbonyl (C=O) groups is 3. The average molecular weight is 602 g/mol. The molecule has 1 unspecified atom stereocenters. The lowest BCUT2D eigenvalue weighted by atomic mass is 9.87. The van der Waals surface area contributed by atoms with E-state index in [0.29, 0.717) is 31.6 Å². The lowest BCUT2D eigenvalue weighted by Gasteiger charge is -2.37. The molecule has 1 aliphatic heterocycles. The summed E-state index contributed by atoms with van der Waals surface area (Å²) in [6.45, 7) is 12.2. The zero-order valence-electron chi connectivity index (χ0n) is 27.2. The normalized spacial score (nSPS) is 19.8. The van der Waals surface area contributed by atoms with Crippen LogP contribution in [0.3, 0.4) is 0 Å². The molecule has 0 aromatic heterocycles. The summed E-state index contributed by atoms with van der Waals surface area (Å²) in [4.78, 5) is 42.9. The Hall–Kier alpha value is -2.85. The molecule has 1 aromatic rings. The Kier molecular flexibility index (Phi) is 13.1. The summed E-state index contributed by atoms with van der Waals surface area (Å²) in [7, 11) is 2.05. The van der Waals surface area contributed by atoms with E-state index in [2.05, 4.69) is 20.9 Å². The Bertz CT molecular complexity index is 1030. The van der Waals surface area contributed by atoms with Gasteiger partial charge in [0.2, 0.25) is 11.8 Å². The maximum absolute atomic E-state index is 13.7. The van der Waals surface area contributed by atoms with Crippen LogP contribution in [-0.4, -0.2) is 90.0 Å². The van der Waals surface area contributed by atoms with Gasteiger partial charge in [0.15, 0.2) is 0 Å². The molecule has 1 saturated heterocycles. The number of hydrogen-bond donors (Lipinski definition) is 4. The zero-order valence-corrected chi connectivity index (χ0v) is 27.2. The van der Waals surface area contributed by atoms with Crippen LogP contribution in [0.2, 0.25) is 0 Å². The predicted molar refractivity (Wildman–Crippen MR) is 170 cm³/mol. The van der Waals surface area contributed by atoms with Gasteiger partial charge in [0.25, 0.3) is 0 Å². The number of hydrogen-bond acceptors (Lipinski definition) is 7. The molecule has 1 aliphatic carbocycles. The topological polar surface area (TPSA) is 123 Å². The number of piperazine rings is 1. The van der Waals surface area contributed by atoms with E-state index < -0.39 is 30.0 Å². The van der Waals surface area contributed by atoms with E-state index in [1.807, 2.05) is 63.9 Å². The maximum atomic E-state index is 13.7. The Balaban J connectivity index is 1.76. The quantitative estimate of drug-likeness (QED) is 0.218. The highest BCUT2D eigenvalue weighted by Crippen LogP contribution is 2.30. The second kappa shape index (κ2) is 16.3. The lowest BCUT2D eigenvalue weighted by molar-refractivity contribution is -0.138. The molecule has 10 nitrogen and oxygen atoms in total. The third-order valence-electron chi connectivity index (χ3n) is 8.65. The first-order chi connectivity index (χ1) is 20.4. The minimum Gasteiger partial charge on any atom is -0.444 e. The highest BCUT2D eigenvalue weighted by atomic mass is 16.6. The second-order valence-electron chi connectivity index (χ2n) is 13.2. The van der Waals surface area contributed by atoms with Crippen molar-refractivity contribution in [3.8, 4) is 0 Å². The molecule has 4 atom stereocenters. The molecule has 0 spiro atoms. The van der Waals surface area contributed by atoms with Gasteiger partial charge in [-0.3, -0.25) is 9.59 Å². The van der Waals surface area contributed by atoms with Crippen molar-refractivity contribution in [2.75, 3.05) is 38.5 Å². The van der Waals surface area contributed by atoms with E-state index in [4.69, 9.17) is 4.74 Å². The molecule has 43 heavy (non-hydrogen) atoms. The van der Waals surface area contributed by atoms with Gasteiger partial charge < -0.3 is 35.6 Å². The van der Waals surface area contributed by atoms with Crippen LogP contribution in [0.4, 0.5) is 10.5 Å². The third-order valence-corrected chi connectivity index (χ3v) is 8.65. The van der Waals surface area contributed by atoms with E-state index in [9.17, 15) is 19.5 Å². The van der Waals surface area contributed by atoms with E-state index in [-0.39, 0.29) is 23.7 Å². The van der Waals surface area contributed by atoms with Crippen LogP contribution in [0.25, 0.3) is 0 Å². The molecule has 10 heteroatoms. The Morgan fingerprint density at radius 3 is 2.09 bits per heavy atom. The van der Waals surface area contributed by atoms with Crippen molar-refractivity contribution >= 4 is 23.6 Å². The molecule has 3 rings (SSSR count). The molecule has 2 fully saturated rings. The summed E-state index contributed by atoms with van der Waals surface area (Å²) < 4.78 is 5.52. The van der Waals surface area contributed by atoms with E-state index in [1.165, 1.54) is 0 Å². The number of nitrogens with zero attached hydrogens (tertiary/aromatic N) is 2. The monoisotopic (exact) mass is 601 g/mol. The third kappa shape index (κ3) is 10.7. The Morgan fingerprint density at radius 1 is 0.953 bits per heavy atom. The first kappa shape index (κ1) is 34.6.